The van der Waals surface area contributed by atoms with Crippen LogP contribution in [0.3, 0.4) is 0 Å². The first kappa shape index (κ1) is 16.0. The second-order valence-electron chi connectivity index (χ2n) is 6.79. The smallest absolute Gasteiger partial charge is 0.118 e. The number of furan rings is 1. The van der Waals surface area contributed by atoms with E-state index in [1.54, 1.807) is 7.11 Å². The third-order valence-corrected chi connectivity index (χ3v) is 4.82. The summed E-state index contributed by atoms with van der Waals surface area (Å²) < 4.78 is 16.9. The zero-order valence-corrected chi connectivity index (χ0v) is 13.8. The molecule has 5 heteroatoms. The minimum Gasteiger partial charge on any atom is -0.465 e. The van der Waals surface area contributed by atoms with Crippen molar-refractivity contribution in [3.05, 3.63) is 23.7 Å². The first-order valence-electron chi connectivity index (χ1n) is 8.26. The van der Waals surface area contributed by atoms with Crippen molar-refractivity contribution >= 4 is 0 Å². The lowest BCUT2D eigenvalue weighted by atomic mass is 9.87. The van der Waals surface area contributed by atoms with Crippen molar-refractivity contribution in [1.29, 1.82) is 0 Å². The highest BCUT2D eigenvalue weighted by atomic mass is 16.5. The summed E-state index contributed by atoms with van der Waals surface area (Å²) in [7, 11) is 1.77. The number of methoxy groups -OCH3 is 1. The SMILES string of the molecule is COCCN1CC[C@]2(COCCN(Cc3ccc(C)o3)C2)C1. The highest BCUT2D eigenvalue weighted by Gasteiger charge is 2.40. The predicted molar refractivity (Wildman–Crippen MR) is 84.9 cm³/mol. The Labute approximate surface area is 133 Å². The second kappa shape index (κ2) is 7.13. The molecule has 2 aliphatic heterocycles. The maximum Gasteiger partial charge on any atom is 0.118 e. The number of likely N-dealkylation sites (tertiary alicyclic amines) is 1. The van der Waals surface area contributed by atoms with Gasteiger partial charge in [-0.15, -0.1) is 0 Å². The zero-order chi connectivity index (χ0) is 15.4. The summed E-state index contributed by atoms with van der Waals surface area (Å²) in [4.78, 5) is 5.00. The predicted octanol–water partition coefficient (Wildman–Crippen LogP) is 1.76. The molecule has 124 valence electrons. The fourth-order valence-corrected chi connectivity index (χ4v) is 3.69. The van der Waals surface area contributed by atoms with Gasteiger partial charge in [0.2, 0.25) is 0 Å². The van der Waals surface area contributed by atoms with Crippen LogP contribution in [0.4, 0.5) is 0 Å². The average molecular weight is 308 g/mol. The quantitative estimate of drug-likeness (QED) is 0.829. The van der Waals surface area contributed by atoms with E-state index in [0.29, 0.717) is 0 Å². The lowest BCUT2D eigenvalue weighted by Crippen LogP contribution is -2.40. The van der Waals surface area contributed by atoms with E-state index >= 15 is 0 Å². The molecule has 22 heavy (non-hydrogen) atoms. The van der Waals surface area contributed by atoms with E-state index in [1.807, 2.05) is 13.0 Å². The van der Waals surface area contributed by atoms with E-state index in [1.165, 1.54) is 6.42 Å². The molecule has 0 unspecified atom stereocenters. The third kappa shape index (κ3) is 3.90. The minimum atomic E-state index is 0.270. The van der Waals surface area contributed by atoms with Gasteiger partial charge in [0.15, 0.2) is 0 Å². The highest BCUT2D eigenvalue weighted by Crippen LogP contribution is 2.33. The van der Waals surface area contributed by atoms with Gasteiger partial charge in [-0.25, -0.2) is 0 Å². The van der Waals surface area contributed by atoms with E-state index in [0.717, 1.165) is 70.6 Å². The van der Waals surface area contributed by atoms with Crippen LogP contribution in [0, 0.1) is 12.3 Å². The fourth-order valence-electron chi connectivity index (χ4n) is 3.69. The van der Waals surface area contributed by atoms with E-state index in [-0.39, 0.29) is 5.41 Å². The summed E-state index contributed by atoms with van der Waals surface area (Å²) >= 11 is 0. The van der Waals surface area contributed by atoms with Crippen LogP contribution in [-0.4, -0.2) is 69.5 Å². The summed E-state index contributed by atoms with van der Waals surface area (Å²) in [6.45, 7) is 10.8. The second-order valence-corrected chi connectivity index (χ2v) is 6.79. The molecule has 0 radical (unpaired) electrons. The number of nitrogens with zero attached hydrogens (tertiary/aromatic N) is 2. The Hall–Kier alpha value is -0.880. The lowest BCUT2D eigenvalue weighted by molar-refractivity contribution is 0.0680. The van der Waals surface area contributed by atoms with Gasteiger partial charge in [-0.3, -0.25) is 4.90 Å². The van der Waals surface area contributed by atoms with Crippen molar-refractivity contribution < 1.29 is 13.9 Å². The van der Waals surface area contributed by atoms with Crippen molar-refractivity contribution in [3.8, 4) is 0 Å². The van der Waals surface area contributed by atoms with Crippen molar-refractivity contribution in [2.75, 3.05) is 59.7 Å². The molecule has 0 bridgehead atoms. The molecule has 1 atom stereocenters. The Bertz CT molecular complexity index is 476. The van der Waals surface area contributed by atoms with E-state index in [4.69, 9.17) is 13.9 Å². The molecular formula is C17H28N2O3. The minimum absolute atomic E-state index is 0.270. The maximum absolute atomic E-state index is 5.93. The van der Waals surface area contributed by atoms with Crippen LogP contribution in [0.5, 0.6) is 0 Å². The molecule has 1 spiro atoms. The largest absolute Gasteiger partial charge is 0.465 e. The van der Waals surface area contributed by atoms with E-state index < -0.39 is 0 Å². The number of hydrogen-bond donors (Lipinski definition) is 0. The van der Waals surface area contributed by atoms with Crippen molar-refractivity contribution in [2.45, 2.75) is 19.9 Å². The molecule has 0 aliphatic carbocycles. The first-order chi connectivity index (χ1) is 10.7. The molecule has 0 aromatic carbocycles. The molecule has 0 N–H and O–H groups in total. The highest BCUT2D eigenvalue weighted by molar-refractivity contribution is 5.06. The van der Waals surface area contributed by atoms with Gasteiger partial charge in [0, 0.05) is 38.7 Å². The maximum atomic E-state index is 5.93. The lowest BCUT2D eigenvalue weighted by Gasteiger charge is -2.31. The summed E-state index contributed by atoms with van der Waals surface area (Å²) in [5.41, 5.74) is 0.270. The van der Waals surface area contributed by atoms with Gasteiger partial charge in [0.1, 0.15) is 11.5 Å². The molecule has 1 aromatic heterocycles. The van der Waals surface area contributed by atoms with Crippen molar-refractivity contribution in [3.63, 3.8) is 0 Å². The van der Waals surface area contributed by atoms with Crippen LogP contribution < -0.4 is 0 Å². The summed E-state index contributed by atoms with van der Waals surface area (Å²) in [5, 5.41) is 0. The Morgan fingerprint density at radius 2 is 2.09 bits per heavy atom. The summed E-state index contributed by atoms with van der Waals surface area (Å²) in [6, 6.07) is 4.13. The summed E-state index contributed by atoms with van der Waals surface area (Å²) in [6.07, 6.45) is 1.21. The molecule has 0 saturated carbocycles. The van der Waals surface area contributed by atoms with Gasteiger partial charge in [-0.05, 0) is 32.0 Å². The Balaban J connectivity index is 1.60. The number of rotatable bonds is 5. The average Bonchev–Trinajstić information content (AvgIpc) is 3.02. The molecule has 5 nitrogen and oxygen atoms in total. The molecular weight excluding hydrogens is 280 g/mol. The fraction of sp³-hybridized carbons (Fsp3) is 0.765. The van der Waals surface area contributed by atoms with Crippen LogP contribution >= 0.6 is 0 Å². The van der Waals surface area contributed by atoms with Gasteiger partial charge in [-0.2, -0.15) is 0 Å². The van der Waals surface area contributed by atoms with Crippen LogP contribution in [0.2, 0.25) is 0 Å². The van der Waals surface area contributed by atoms with Crippen molar-refractivity contribution in [2.24, 2.45) is 5.41 Å². The number of hydrogen-bond acceptors (Lipinski definition) is 5. The molecule has 2 fully saturated rings. The van der Waals surface area contributed by atoms with Gasteiger partial charge in [-0.1, -0.05) is 0 Å². The normalized spacial score (nSPS) is 27.5. The Kier molecular flexibility index (Phi) is 5.18. The van der Waals surface area contributed by atoms with Gasteiger partial charge in [0.25, 0.3) is 0 Å². The van der Waals surface area contributed by atoms with Crippen molar-refractivity contribution in [1.82, 2.24) is 9.80 Å². The molecule has 3 heterocycles. The van der Waals surface area contributed by atoms with Crippen LogP contribution in [-0.2, 0) is 16.0 Å². The Morgan fingerprint density at radius 3 is 2.86 bits per heavy atom. The molecule has 3 rings (SSSR count). The van der Waals surface area contributed by atoms with Gasteiger partial charge in [0.05, 0.1) is 26.4 Å². The van der Waals surface area contributed by atoms with Gasteiger partial charge >= 0.3 is 0 Å². The van der Waals surface area contributed by atoms with E-state index in [9.17, 15) is 0 Å². The van der Waals surface area contributed by atoms with Crippen LogP contribution in [0.1, 0.15) is 17.9 Å². The third-order valence-electron chi connectivity index (χ3n) is 4.82. The molecule has 2 saturated heterocycles. The Morgan fingerprint density at radius 1 is 1.23 bits per heavy atom. The number of ether oxygens (including phenoxy) is 2. The topological polar surface area (TPSA) is 38.1 Å². The molecule has 2 aliphatic rings. The molecule has 0 amide bonds. The standard InChI is InChI=1S/C17H28N2O3/c1-15-3-4-16(22-15)11-19-8-10-21-14-17(13-19)5-6-18(12-17)7-9-20-2/h3-4H,5-14H2,1-2H3/t17-/m0/s1. The van der Waals surface area contributed by atoms with Crippen LogP contribution in [0.15, 0.2) is 16.5 Å². The monoisotopic (exact) mass is 308 g/mol. The number of aryl methyl sites for hydroxylation is 1. The van der Waals surface area contributed by atoms with Gasteiger partial charge < -0.3 is 18.8 Å². The summed E-state index contributed by atoms with van der Waals surface area (Å²) in [5.74, 6) is 2.05. The molecule has 1 aromatic rings. The first-order valence-corrected chi connectivity index (χ1v) is 8.26. The van der Waals surface area contributed by atoms with Crippen LogP contribution in [0.25, 0.3) is 0 Å². The van der Waals surface area contributed by atoms with E-state index in [2.05, 4.69) is 15.9 Å². The zero-order valence-electron chi connectivity index (χ0n) is 13.8.